The zero-order valence-electron chi connectivity index (χ0n) is 12.4. The summed E-state index contributed by atoms with van der Waals surface area (Å²) in [7, 11) is 0. The van der Waals surface area contributed by atoms with E-state index < -0.39 is 0 Å². The lowest BCUT2D eigenvalue weighted by molar-refractivity contribution is 0.0721. The van der Waals surface area contributed by atoms with Crippen LogP contribution in [0.2, 0.25) is 0 Å². The molecule has 6 nitrogen and oxygen atoms in total. The van der Waals surface area contributed by atoms with E-state index in [1.54, 1.807) is 6.20 Å². The molecule has 22 heavy (non-hydrogen) atoms. The number of likely N-dealkylation sites (tertiary alicyclic amines) is 1. The molecular weight excluding hydrogens is 280 g/mol. The van der Waals surface area contributed by atoms with Gasteiger partial charge in [0.05, 0.1) is 11.7 Å². The van der Waals surface area contributed by atoms with Crippen LogP contribution in [0, 0.1) is 0 Å². The lowest BCUT2D eigenvalue weighted by Crippen LogP contribution is -2.32. The molecule has 0 spiro atoms. The summed E-state index contributed by atoms with van der Waals surface area (Å²) in [6, 6.07) is 1.90. The average molecular weight is 298 g/mol. The molecule has 2 aliphatic rings. The minimum absolute atomic E-state index is 0.0199. The molecule has 6 heteroatoms. The summed E-state index contributed by atoms with van der Waals surface area (Å²) in [5.74, 6) is 0.875. The van der Waals surface area contributed by atoms with Crippen LogP contribution in [-0.4, -0.2) is 32.5 Å². The Kier molecular flexibility index (Phi) is 3.36. The number of amides is 1. The highest BCUT2D eigenvalue weighted by Gasteiger charge is 2.35. The van der Waals surface area contributed by atoms with E-state index >= 15 is 0 Å². The highest BCUT2D eigenvalue weighted by molar-refractivity contribution is 5.94. The first-order chi connectivity index (χ1) is 10.8. The molecule has 0 radical (unpaired) electrons. The van der Waals surface area contributed by atoms with E-state index in [9.17, 15) is 4.79 Å². The normalized spacial score (nSPS) is 20.9. The van der Waals surface area contributed by atoms with Crippen molar-refractivity contribution in [3.63, 3.8) is 0 Å². The van der Waals surface area contributed by atoms with Crippen molar-refractivity contribution < 1.29 is 9.32 Å². The molecule has 0 bridgehead atoms. The zero-order valence-corrected chi connectivity index (χ0v) is 12.4. The second-order valence-electron chi connectivity index (χ2n) is 5.93. The van der Waals surface area contributed by atoms with E-state index in [1.165, 1.54) is 6.33 Å². The first-order valence-electron chi connectivity index (χ1n) is 7.89. The van der Waals surface area contributed by atoms with Crippen molar-refractivity contribution in [2.24, 2.45) is 0 Å². The van der Waals surface area contributed by atoms with E-state index in [4.69, 9.17) is 4.52 Å². The first kappa shape index (κ1) is 13.4. The molecule has 0 aromatic carbocycles. The van der Waals surface area contributed by atoms with Gasteiger partial charge in [-0.2, -0.15) is 0 Å². The highest BCUT2D eigenvalue weighted by Crippen LogP contribution is 2.33. The Labute approximate surface area is 128 Å². The summed E-state index contributed by atoms with van der Waals surface area (Å²) in [4.78, 5) is 23.1. The lowest BCUT2D eigenvalue weighted by atomic mass is 9.96. The van der Waals surface area contributed by atoms with E-state index in [-0.39, 0.29) is 11.9 Å². The van der Waals surface area contributed by atoms with Crippen LogP contribution in [0.4, 0.5) is 0 Å². The van der Waals surface area contributed by atoms with E-state index in [0.29, 0.717) is 5.69 Å². The van der Waals surface area contributed by atoms with Crippen LogP contribution in [-0.2, 0) is 12.8 Å². The summed E-state index contributed by atoms with van der Waals surface area (Å²) in [6.07, 6.45) is 9.18. The van der Waals surface area contributed by atoms with Crippen molar-refractivity contribution in [3.05, 3.63) is 41.3 Å². The van der Waals surface area contributed by atoms with Gasteiger partial charge in [-0.1, -0.05) is 5.16 Å². The standard InChI is InChI=1S/C16H18N4O2/c21-16(15-11-4-1-2-6-14(11)22-19-15)20-9-3-5-13(20)12-7-8-17-10-18-12/h7-8,10,13H,1-6,9H2. The van der Waals surface area contributed by atoms with Crippen molar-refractivity contribution in [2.75, 3.05) is 6.54 Å². The summed E-state index contributed by atoms with van der Waals surface area (Å²) in [5, 5.41) is 4.07. The third-order valence-electron chi connectivity index (χ3n) is 4.61. The van der Waals surface area contributed by atoms with Crippen LogP contribution in [0.15, 0.2) is 23.1 Å². The monoisotopic (exact) mass is 298 g/mol. The lowest BCUT2D eigenvalue weighted by Gasteiger charge is -2.23. The smallest absolute Gasteiger partial charge is 0.276 e. The topological polar surface area (TPSA) is 72.1 Å². The summed E-state index contributed by atoms with van der Waals surface area (Å²) >= 11 is 0. The number of hydrogen-bond acceptors (Lipinski definition) is 5. The molecule has 1 unspecified atom stereocenters. The SMILES string of the molecule is O=C(c1noc2c1CCCC2)N1CCCC1c1ccncn1. The van der Waals surface area contributed by atoms with Crippen LogP contribution in [0.3, 0.4) is 0 Å². The zero-order chi connectivity index (χ0) is 14.9. The molecule has 0 N–H and O–H groups in total. The second-order valence-corrected chi connectivity index (χ2v) is 5.93. The number of aromatic nitrogens is 3. The predicted molar refractivity (Wildman–Crippen MR) is 78.2 cm³/mol. The van der Waals surface area contributed by atoms with Gasteiger partial charge in [0.1, 0.15) is 12.1 Å². The quantitative estimate of drug-likeness (QED) is 0.850. The largest absolute Gasteiger partial charge is 0.360 e. The second kappa shape index (κ2) is 5.51. The van der Waals surface area contributed by atoms with Crippen LogP contribution >= 0.6 is 0 Å². The van der Waals surface area contributed by atoms with Crippen molar-refractivity contribution in [2.45, 2.75) is 44.6 Å². The molecule has 1 saturated heterocycles. The molecule has 0 saturated carbocycles. The third kappa shape index (κ3) is 2.19. The van der Waals surface area contributed by atoms with E-state index in [1.807, 2.05) is 11.0 Å². The van der Waals surface area contributed by atoms with Crippen LogP contribution in [0.25, 0.3) is 0 Å². The number of nitrogens with zero attached hydrogens (tertiary/aromatic N) is 4. The van der Waals surface area contributed by atoms with Gasteiger partial charge in [-0.15, -0.1) is 0 Å². The van der Waals surface area contributed by atoms with Gasteiger partial charge >= 0.3 is 0 Å². The Morgan fingerprint density at radius 1 is 1.27 bits per heavy atom. The Balaban J connectivity index is 1.63. The van der Waals surface area contributed by atoms with E-state index in [2.05, 4.69) is 15.1 Å². The van der Waals surface area contributed by atoms with Gasteiger partial charge in [0, 0.05) is 24.7 Å². The number of carbonyl (C=O) groups excluding carboxylic acids is 1. The van der Waals surface area contributed by atoms with Crippen molar-refractivity contribution in [1.29, 1.82) is 0 Å². The van der Waals surface area contributed by atoms with Crippen molar-refractivity contribution in [3.8, 4) is 0 Å². The number of rotatable bonds is 2. The Hall–Kier alpha value is -2.24. The summed E-state index contributed by atoms with van der Waals surface area (Å²) < 4.78 is 5.39. The summed E-state index contributed by atoms with van der Waals surface area (Å²) in [6.45, 7) is 0.745. The van der Waals surface area contributed by atoms with Gasteiger partial charge in [0.2, 0.25) is 0 Å². The molecule has 2 aromatic heterocycles. The summed E-state index contributed by atoms with van der Waals surface area (Å²) in [5.41, 5.74) is 2.43. The Morgan fingerprint density at radius 2 is 2.18 bits per heavy atom. The highest BCUT2D eigenvalue weighted by atomic mass is 16.5. The Bertz CT molecular complexity index is 683. The third-order valence-corrected chi connectivity index (χ3v) is 4.61. The fourth-order valence-electron chi connectivity index (χ4n) is 3.50. The number of carbonyl (C=O) groups is 1. The molecule has 1 fully saturated rings. The molecule has 114 valence electrons. The molecule has 3 heterocycles. The van der Waals surface area contributed by atoms with Crippen LogP contribution in [0.5, 0.6) is 0 Å². The molecule has 1 amide bonds. The molecule has 4 rings (SSSR count). The minimum atomic E-state index is -0.0204. The van der Waals surface area contributed by atoms with Crippen molar-refractivity contribution >= 4 is 5.91 Å². The maximum absolute atomic E-state index is 12.9. The minimum Gasteiger partial charge on any atom is -0.360 e. The van der Waals surface area contributed by atoms with Gasteiger partial charge in [-0.3, -0.25) is 4.79 Å². The van der Waals surface area contributed by atoms with Gasteiger partial charge in [0.15, 0.2) is 5.69 Å². The van der Waals surface area contributed by atoms with Crippen molar-refractivity contribution in [1.82, 2.24) is 20.0 Å². The van der Waals surface area contributed by atoms with Gasteiger partial charge in [0.25, 0.3) is 5.91 Å². The first-order valence-corrected chi connectivity index (χ1v) is 7.89. The molecule has 2 aromatic rings. The Morgan fingerprint density at radius 3 is 3.05 bits per heavy atom. The van der Waals surface area contributed by atoms with Gasteiger partial charge in [-0.25, -0.2) is 9.97 Å². The number of hydrogen-bond donors (Lipinski definition) is 0. The fourth-order valence-corrected chi connectivity index (χ4v) is 3.50. The number of aryl methyl sites for hydroxylation is 1. The fraction of sp³-hybridized carbons (Fsp3) is 0.500. The molecule has 1 aliphatic heterocycles. The molecule has 1 atom stereocenters. The maximum Gasteiger partial charge on any atom is 0.276 e. The van der Waals surface area contributed by atoms with Crippen LogP contribution in [0.1, 0.15) is 59.2 Å². The maximum atomic E-state index is 12.9. The molecule has 1 aliphatic carbocycles. The predicted octanol–water partition coefficient (Wildman–Crippen LogP) is 2.32. The average Bonchev–Trinajstić information content (AvgIpc) is 3.22. The van der Waals surface area contributed by atoms with E-state index in [0.717, 1.165) is 62.1 Å². The van der Waals surface area contributed by atoms with Crippen LogP contribution < -0.4 is 0 Å². The number of fused-ring (bicyclic) bond motifs is 1. The molecular formula is C16H18N4O2. The van der Waals surface area contributed by atoms with Gasteiger partial charge in [-0.05, 0) is 38.2 Å². The van der Waals surface area contributed by atoms with Gasteiger partial charge < -0.3 is 9.42 Å².